The van der Waals surface area contributed by atoms with E-state index in [4.69, 9.17) is 5.73 Å². The Morgan fingerprint density at radius 1 is 0.833 bits per heavy atom. The van der Waals surface area contributed by atoms with Crippen molar-refractivity contribution in [3.63, 3.8) is 0 Å². The first kappa shape index (κ1) is 10.8. The Hall–Kier alpha value is -2.30. The lowest BCUT2D eigenvalue weighted by Gasteiger charge is -2.04. The zero-order valence-electron chi connectivity index (χ0n) is 9.98. The third kappa shape index (κ3) is 1.84. The molecule has 0 aliphatic heterocycles. The lowest BCUT2D eigenvalue weighted by Crippen LogP contribution is -1.93. The van der Waals surface area contributed by atoms with Gasteiger partial charge in [-0.1, -0.05) is 48.2 Å². The lowest BCUT2D eigenvalue weighted by molar-refractivity contribution is 1.30. The van der Waals surface area contributed by atoms with Gasteiger partial charge in [-0.25, -0.2) is 0 Å². The van der Waals surface area contributed by atoms with Crippen LogP contribution in [0.15, 0.2) is 54.6 Å². The molecule has 2 N–H and O–H groups in total. The molecule has 0 spiro atoms. The van der Waals surface area contributed by atoms with Crippen LogP contribution in [0.3, 0.4) is 0 Å². The van der Waals surface area contributed by atoms with Gasteiger partial charge in [0.05, 0.1) is 6.54 Å². The summed E-state index contributed by atoms with van der Waals surface area (Å²) in [6, 6.07) is 19.0. The summed E-state index contributed by atoms with van der Waals surface area (Å²) in [7, 11) is 0. The SMILES string of the molecule is NCC#Cc1cccc2cc3ccccc3cc12. The Kier molecular flexibility index (Phi) is 2.72. The van der Waals surface area contributed by atoms with Crippen LogP contribution in [0.5, 0.6) is 0 Å². The molecule has 1 heteroatoms. The fraction of sp³-hybridized carbons (Fsp3) is 0.0588. The number of nitrogens with two attached hydrogens (primary N) is 1. The van der Waals surface area contributed by atoms with E-state index in [0.29, 0.717) is 6.54 Å². The maximum absolute atomic E-state index is 5.44. The molecule has 3 aromatic carbocycles. The number of benzene rings is 3. The third-order valence-electron chi connectivity index (χ3n) is 3.07. The molecule has 0 fully saturated rings. The molecule has 0 saturated heterocycles. The van der Waals surface area contributed by atoms with Crippen molar-refractivity contribution >= 4 is 21.5 Å². The minimum atomic E-state index is 0.393. The monoisotopic (exact) mass is 231 g/mol. The van der Waals surface area contributed by atoms with Crippen molar-refractivity contribution in [3.05, 3.63) is 60.2 Å². The van der Waals surface area contributed by atoms with Gasteiger partial charge >= 0.3 is 0 Å². The first-order chi connectivity index (χ1) is 8.88. The Morgan fingerprint density at radius 2 is 1.56 bits per heavy atom. The summed E-state index contributed by atoms with van der Waals surface area (Å²) in [5, 5.41) is 4.91. The van der Waals surface area contributed by atoms with Crippen LogP contribution >= 0.6 is 0 Å². The molecule has 18 heavy (non-hydrogen) atoms. The smallest absolute Gasteiger partial charge is 0.0555 e. The van der Waals surface area contributed by atoms with Gasteiger partial charge in [0.25, 0.3) is 0 Å². The van der Waals surface area contributed by atoms with Gasteiger partial charge in [0.1, 0.15) is 0 Å². The van der Waals surface area contributed by atoms with E-state index in [1.807, 2.05) is 12.1 Å². The maximum Gasteiger partial charge on any atom is 0.0555 e. The van der Waals surface area contributed by atoms with Gasteiger partial charge in [-0.2, -0.15) is 0 Å². The second-order valence-corrected chi connectivity index (χ2v) is 4.23. The van der Waals surface area contributed by atoms with E-state index >= 15 is 0 Å². The zero-order valence-corrected chi connectivity index (χ0v) is 9.98. The van der Waals surface area contributed by atoms with Crippen molar-refractivity contribution in [1.29, 1.82) is 0 Å². The van der Waals surface area contributed by atoms with Crippen molar-refractivity contribution in [1.82, 2.24) is 0 Å². The van der Waals surface area contributed by atoms with Gasteiger partial charge < -0.3 is 5.73 Å². The van der Waals surface area contributed by atoms with Gasteiger partial charge in [-0.15, -0.1) is 0 Å². The van der Waals surface area contributed by atoms with Crippen LogP contribution in [0, 0.1) is 11.8 Å². The minimum Gasteiger partial charge on any atom is -0.320 e. The van der Waals surface area contributed by atoms with E-state index in [-0.39, 0.29) is 0 Å². The third-order valence-corrected chi connectivity index (χ3v) is 3.07. The van der Waals surface area contributed by atoms with Crippen LogP contribution in [0.4, 0.5) is 0 Å². The van der Waals surface area contributed by atoms with E-state index in [2.05, 4.69) is 54.3 Å². The van der Waals surface area contributed by atoms with Gasteiger partial charge in [-0.3, -0.25) is 0 Å². The van der Waals surface area contributed by atoms with Crippen molar-refractivity contribution < 1.29 is 0 Å². The number of rotatable bonds is 0. The van der Waals surface area contributed by atoms with E-state index in [1.165, 1.54) is 21.5 Å². The van der Waals surface area contributed by atoms with E-state index < -0.39 is 0 Å². The predicted octanol–water partition coefficient (Wildman–Crippen LogP) is 3.30. The van der Waals surface area contributed by atoms with Crippen LogP contribution in [-0.4, -0.2) is 6.54 Å². The van der Waals surface area contributed by atoms with Crippen LogP contribution < -0.4 is 5.73 Å². The summed E-state index contributed by atoms with van der Waals surface area (Å²) < 4.78 is 0. The van der Waals surface area contributed by atoms with E-state index in [9.17, 15) is 0 Å². The molecule has 0 aromatic heterocycles. The predicted molar refractivity (Wildman–Crippen MR) is 77.4 cm³/mol. The summed E-state index contributed by atoms with van der Waals surface area (Å²) >= 11 is 0. The van der Waals surface area contributed by atoms with Crippen LogP contribution in [0.2, 0.25) is 0 Å². The highest BCUT2D eigenvalue weighted by molar-refractivity contribution is 6.00. The largest absolute Gasteiger partial charge is 0.320 e. The molecule has 0 aliphatic rings. The molecule has 0 saturated carbocycles. The highest BCUT2D eigenvalue weighted by Crippen LogP contribution is 2.24. The Bertz CT molecular complexity index is 776. The van der Waals surface area contributed by atoms with Crippen molar-refractivity contribution in [2.24, 2.45) is 5.73 Å². The summed E-state index contributed by atoms with van der Waals surface area (Å²) in [4.78, 5) is 0. The minimum absolute atomic E-state index is 0.393. The van der Waals surface area contributed by atoms with Gasteiger partial charge in [0, 0.05) is 5.56 Å². The highest BCUT2D eigenvalue weighted by atomic mass is 14.5. The molecule has 0 bridgehead atoms. The summed E-state index contributed by atoms with van der Waals surface area (Å²) in [5.74, 6) is 6.06. The summed E-state index contributed by atoms with van der Waals surface area (Å²) in [6.45, 7) is 0.393. The molecule has 0 aliphatic carbocycles. The highest BCUT2D eigenvalue weighted by Gasteiger charge is 2.00. The fourth-order valence-electron chi connectivity index (χ4n) is 2.22. The van der Waals surface area contributed by atoms with Gasteiger partial charge in [0.15, 0.2) is 0 Å². The van der Waals surface area contributed by atoms with E-state index in [0.717, 1.165) is 5.56 Å². The normalized spacial score (nSPS) is 10.3. The second kappa shape index (κ2) is 4.52. The Labute approximate surface area is 106 Å². The molecule has 86 valence electrons. The number of fused-ring (bicyclic) bond motifs is 2. The van der Waals surface area contributed by atoms with Gasteiger partial charge in [0.2, 0.25) is 0 Å². The molecule has 0 radical (unpaired) electrons. The van der Waals surface area contributed by atoms with E-state index in [1.54, 1.807) is 0 Å². The number of hydrogen-bond acceptors (Lipinski definition) is 1. The molecule has 0 amide bonds. The Balaban J connectivity index is 2.36. The van der Waals surface area contributed by atoms with Crippen molar-refractivity contribution in [2.45, 2.75) is 0 Å². The lowest BCUT2D eigenvalue weighted by atomic mass is 10.00. The molecule has 0 atom stereocenters. The summed E-state index contributed by atoms with van der Waals surface area (Å²) in [5.41, 5.74) is 6.48. The standard InChI is InChI=1S/C17H13N/c18-10-4-9-13-7-3-8-16-11-14-5-1-2-6-15(14)12-17(13)16/h1-3,5-8,11-12H,10,18H2. The molecule has 1 nitrogen and oxygen atoms in total. The van der Waals surface area contributed by atoms with Crippen LogP contribution in [-0.2, 0) is 0 Å². The quantitative estimate of drug-likeness (QED) is 0.466. The molecular formula is C17H13N. The van der Waals surface area contributed by atoms with Crippen molar-refractivity contribution in [3.8, 4) is 11.8 Å². The summed E-state index contributed by atoms with van der Waals surface area (Å²) in [6.07, 6.45) is 0. The van der Waals surface area contributed by atoms with Gasteiger partial charge in [-0.05, 0) is 39.7 Å². The average Bonchev–Trinajstić information content (AvgIpc) is 2.43. The van der Waals surface area contributed by atoms with Crippen LogP contribution in [0.25, 0.3) is 21.5 Å². The first-order valence-corrected chi connectivity index (χ1v) is 5.99. The topological polar surface area (TPSA) is 26.0 Å². The molecule has 3 rings (SSSR count). The number of hydrogen-bond donors (Lipinski definition) is 1. The molecule has 0 unspecified atom stereocenters. The fourth-order valence-corrected chi connectivity index (χ4v) is 2.22. The van der Waals surface area contributed by atoms with Crippen molar-refractivity contribution in [2.75, 3.05) is 6.54 Å². The first-order valence-electron chi connectivity index (χ1n) is 5.99. The zero-order chi connectivity index (χ0) is 12.4. The van der Waals surface area contributed by atoms with Crippen LogP contribution in [0.1, 0.15) is 5.56 Å². The molecular weight excluding hydrogens is 218 g/mol. The molecule has 3 aromatic rings. The molecule has 0 heterocycles. The average molecular weight is 231 g/mol. The Morgan fingerprint density at radius 3 is 2.33 bits per heavy atom. The second-order valence-electron chi connectivity index (χ2n) is 4.23. The maximum atomic E-state index is 5.44.